The maximum atomic E-state index is 13.9. The SMILES string of the molecule is Cc1ccc(S(=O)(=O)N(CC(=O)N(Cc2ccc(Cl)cc2Cl)[C@@H](C)C(=O)NC(C)C)c2cccc(C(F)(F)F)c2)cc1. The zero-order chi connectivity index (χ0) is 31.4. The Morgan fingerprint density at radius 3 is 2.17 bits per heavy atom. The minimum absolute atomic E-state index is 0.206. The van der Waals surface area contributed by atoms with Gasteiger partial charge in [0.25, 0.3) is 10.0 Å². The highest BCUT2D eigenvalue weighted by molar-refractivity contribution is 7.92. The third-order valence-corrected chi connectivity index (χ3v) is 8.68. The average molecular weight is 645 g/mol. The smallest absolute Gasteiger partial charge is 0.352 e. The average Bonchev–Trinajstić information content (AvgIpc) is 2.90. The molecule has 42 heavy (non-hydrogen) atoms. The predicted molar refractivity (Wildman–Crippen MR) is 157 cm³/mol. The van der Waals surface area contributed by atoms with Crippen molar-refractivity contribution in [2.45, 2.75) is 57.4 Å². The van der Waals surface area contributed by atoms with Crippen LogP contribution < -0.4 is 9.62 Å². The lowest BCUT2D eigenvalue weighted by Gasteiger charge is -2.32. The lowest BCUT2D eigenvalue weighted by atomic mass is 10.1. The van der Waals surface area contributed by atoms with Crippen LogP contribution in [0.1, 0.15) is 37.5 Å². The van der Waals surface area contributed by atoms with Gasteiger partial charge in [0.2, 0.25) is 11.8 Å². The van der Waals surface area contributed by atoms with Crippen LogP contribution in [0.25, 0.3) is 0 Å². The van der Waals surface area contributed by atoms with Gasteiger partial charge in [-0.25, -0.2) is 8.42 Å². The lowest BCUT2D eigenvalue weighted by Crippen LogP contribution is -2.52. The van der Waals surface area contributed by atoms with Crippen LogP contribution in [-0.4, -0.2) is 43.8 Å². The molecular formula is C29H30Cl2F3N3O4S. The first-order chi connectivity index (χ1) is 19.5. The van der Waals surface area contributed by atoms with E-state index in [0.29, 0.717) is 21.0 Å². The molecular weight excluding hydrogens is 614 g/mol. The molecule has 0 spiro atoms. The number of rotatable bonds is 10. The molecule has 3 rings (SSSR count). The van der Waals surface area contributed by atoms with E-state index in [1.165, 1.54) is 43.3 Å². The van der Waals surface area contributed by atoms with Crippen molar-refractivity contribution in [2.24, 2.45) is 0 Å². The number of sulfonamides is 1. The zero-order valence-electron chi connectivity index (χ0n) is 23.2. The predicted octanol–water partition coefficient (Wildman–Crippen LogP) is 6.46. The van der Waals surface area contributed by atoms with E-state index >= 15 is 0 Å². The Hall–Kier alpha value is -3.28. The second-order valence-electron chi connectivity index (χ2n) is 9.97. The molecule has 0 fully saturated rings. The Bertz CT molecular complexity index is 1550. The van der Waals surface area contributed by atoms with Gasteiger partial charge in [-0.05, 0) is 75.7 Å². The van der Waals surface area contributed by atoms with Gasteiger partial charge < -0.3 is 10.2 Å². The van der Waals surface area contributed by atoms with Crippen molar-refractivity contribution in [3.05, 3.63) is 93.5 Å². The Kier molecular flexibility index (Phi) is 10.6. The molecule has 0 heterocycles. The summed E-state index contributed by atoms with van der Waals surface area (Å²) in [6.45, 7) is 5.56. The molecule has 0 bridgehead atoms. The highest BCUT2D eigenvalue weighted by Crippen LogP contribution is 2.33. The van der Waals surface area contributed by atoms with Crippen molar-refractivity contribution in [3.8, 4) is 0 Å². The highest BCUT2D eigenvalue weighted by Gasteiger charge is 2.35. The van der Waals surface area contributed by atoms with Gasteiger partial charge in [-0.2, -0.15) is 13.2 Å². The third-order valence-electron chi connectivity index (χ3n) is 6.30. The number of carbonyl (C=O) groups excluding carboxylic acids is 2. The summed E-state index contributed by atoms with van der Waals surface area (Å²) in [5.41, 5.74) is -0.286. The number of alkyl halides is 3. The molecule has 1 atom stereocenters. The van der Waals surface area contributed by atoms with E-state index in [2.05, 4.69) is 5.32 Å². The van der Waals surface area contributed by atoms with Crippen molar-refractivity contribution >= 4 is 50.7 Å². The van der Waals surface area contributed by atoms with Crippen molar-refractivity contribution in [1.82, 2.24) is 10.2 Å². The summed E-state index contributed by atoms with van der Waals surface area (Å²) in [4.78, 5) is 27.8. The van der Waals surface area contributed by atoms with Gasteiger partial charge >= 0.3 is 6.18 Å². The maximum Gasteiger partial charge on any atom is 0.416 e. The van der Waals surface area contributed by atoms with E-state index in [0.717, 1.165) is 22.6 Å². The molecule has 0 radical (unpaired) electrons. The van der Waals surface area contributed by atoms with E-state index in [4.69, 9.17) is 23.2 Å². The van der Waals surface area contributed by atoms with Crippen molar-refractivity contribution in [3.63, 3.8) is 0 Å². The van der Waals surface area contributed by atoms with Crippen LogP contribution in [0.3, 0.4) is 0 Å². The fourth-order valence-electron chi connectivity index (χ4n) is 4.02. The second kappa shape index (κ2) is 13.4. The van der Waals surface area contributed by atoms with E-state index in [9.17, 15) is 31.2 Å². The van der Waals surface area contributed by atoms with Crippen LogP contribution in [0, 0.1) is 6.92 Å². The number of carbonyl (C=O) groups is 2. The molecule has 0 aliphatic heterocycles. The summed E-state index contributed by atoms with van der Waals surface area (Å²) < 4.78 is 69.0. The molecule has 226 valence electrons. The minimum atomic E-state index is -4.76. The molecule has 3 aromatic carbocycles. The summed E-state index contributed by atoms with van der Waals surface area (Å²) in [5, 5.41) is 3.26. The van der Waals surface area contributed by atoms with E-state index in [1.54, 1.807) is 32.9 Å². The molecule has 2 amide bonds. The quantitative estimate of drug-likeness (QED) is 0.275. The molecule has 3 aromatic rings. The molecule has 0 aliphatic carbocycles. The van der Waals surface area contributed by atoms with Crippen LogP contribution in [0.2, 0.25) is 10.0 Å². The number of nitrogens with zero attached hydrogens (tertiary/aromatic N) is 2. The molecule has 0 unspecified atom stereocenters. The maximum absolute atomic E-state index is 13.9. The normalized spacial score (nSPS) is 12.6. The number of aryl methyl sites for hydroxylation is 1. The summed E-state index contributed by atoms with van der Waals surface area (Å²) in [5.74, 6) is -1.36. The Labute approximate surface area is 253 Å². The zero-order valence-corrected chi connectivity index (χ0v) is 25.6. The molecule has 0 saturated heterocycles. The topological polar surface area (TPSA) is 86.8 Å². The number of benzene rings is 3. The summed E-state index contributed by atoms with van der Waals surface area (Å²) in [6.07, 6.45) is -4.76. The van der Waals surface area contributed by atoms with Crippen LogP contribution in [-0.2, 0) is 32.3 Å². The molecule has 0 saturated carbocycles. The molecule has 1 N–H and O–H groups in total. The highest BCUT2D eigenvalue weighted by atomic mass is 35.5. The van der Waals surface area contributed by atoms with Gasteiger partial charge in [0.05, 0.1) is 16.1 Å². The Morgan fingerprint density at radius 2 is 1.60 bits per heavy atom. The number of anilines is 1. The second-order valence-corrected chi connectivity index (χ2v) is 12.7. The fraction of sp³-hybridized carbons (Fsp3) is 0.310. The molecule has 0 aliphatic rings. The number of hydrogen-bond donors (Lipinski definition) is 1. The Balaban J connectivity index is 2.11. The first kappa shape index (κ1) is 33.2. The number of amides is 2. The first-order valence-corrected chi connectivity index (χ1v) is 15.0. The van der Waals surface area contributed by atoms with Crippen LogP contribution in [0.15, 0.2) is 71.6 Å². The van der Waals surface area contributed by atoms with E-state index in [1.807, 2.05) is 0 Å². The van der Waals surface area contributed by atoms with Gasteiger partial charge in [0.15, 0.2) is 0 Å². The molecule has 13 heteroatoms. The van der Waals surface area contributed by atoms with Gasteiger partial charge in [-0.1, -0.05) is 53.0 Å². The van der Waals surface area contributed by atoms with Gasteiger partial charge in [0, 0.05) is 22.6 Å². The van der Waals surface area contributed by atoms with Gasteiger partial charge in [0.1, 0.15) is 12.6 Å². The van der Waals surface area contributed by atoms with Crippen LogP contribution >= 0.6 is 23.2 Å². The van der Waals surface area contributed by atoms with E-state index in [-0.39, 0.29) is 28.2 Å². The first-order valence-electron chi connectivity index (χ1n) is 12.8. The number of halogens is 5. The third kappa shape index (κ3) is 8.17. The minimum Gasteiger partial charge on any atom is -0.352 e. The molecule has 0 aromatic heterocycles. The number of hydrogen-bond acceptors (Lipinski definition) is 4. The summed E-state index contributed by atoms with van der Waals surface area (Å²) in [6, 6.07) is 12.6. The van der Waals surface area contributed by atoms with Gasteiger partial charge in [-0.3, -0.25) is 13.9 Å². The fourth-order valence-corrected chi connectivity index (χ4v) is 5.90. The van der Waals surface area contributed by atoms with Crippen molar-refractivity contribution in [1.29, 1.82) is 0 Å². The van der Waals surface area contributed by atoms with Crippen LogP contribution in [0.4, 0.5) is 18.9 Å². The van der Waals surface area contributed by atoms with Gasteiger partial charge in [-0.15, -0.1) is 0 Å². The lowest BCUT2D eigenvalue weighted by molar-refractivity contribution is -0.139. The Morgan fingerprint density at radius 1 is 0.952 bits per heavy atom. The largest absolute Gasteiger partial charge is 0.416 e. The standard InChI is InChI=1S/C29H30Cl2F3N3O4S/c1-18(2)35-28(39)20(4)36(16-21-10-11-23(30)15-26(21)31)27(38)17-37(24-7-5-6-22(14-24)29(32,33)34)42(40,41)25-12-8-19(3)9-13-25/h5-15,18,20H,16-17H2,1-4H3,(H,35,39)/t20-/m0/s1. The van der Waals surface area contributed by atoms with Crippen LogP contribution in [0.5, 0.6) is 0 Å². The monoisotopic (exact) mass is 643 g/mol. The number of nitrogens with one attached hydrogen (secondary N) is 1. The summed E-state index contributed by atoms with van der Waals surface area (Å²) in [7, 11) is -4.54. The summed E-state index contributed by atoms with van der Waals surface area (Å²) >= 11 is 12.3. The molecule has 7 nitrogen and oxygen atoms in total. The van der Waals surface area contributed by atoms with E-state index < -0.39 is 46.2 Å². The van der Waals surface area contributed by atoms with Crippen molar-refractivity contribution < 1.29 is 31.2 Å². The van der Waals surface area contributed by atoms with Crippen molar-refractivity contribution in [2.75, 3.05) is 10.8 Å².